The highest BCUT2D eigenvalue weighted by molar-refractivity contribution is 8.25. The molecule has 3 N–H and O–H groups in total. The first-order chi connectivity index (χ1) is 17.5. The number of carbonyl (C=O) groups is 1. The first-order valence-corrected chi connectivity index (χ1v) is 13.0. The summed E-state index contributed by atoms with van der Waals surface area (Å²) in [5.74, 6) is -1.08. The molecular formula is C23H20F7N3O4S. The minimum atomic E-state index is -5.14. The molecule has 4 heterocycles. The van der Waals surface area contributed by atoms with Crippen LogP contribution in [-0.2, 0) is 27.1 Å². The molecule has 7 nitrogen and oxygen atoms in total. The smallest absolute Gasteiger partial charge is 0.335 e. The highest BCUT2D eigenvalue weighted by Crippen LogP contribution is 2.53. The quantitative estimate of drug-likeness (QED) is 0.459. The van der Waals surface area contributed by atoms with E-state index in [1.54, 1.807) is 0 Å². The van der Waals surface area contributed by atoms with Gasteiger partial charge in [0.15, 0.2) is 5.67 Å². The van der Waals surface area contributed by atoms with Crippen molar-refractivity contribution in [1.29, 1.82) is 0 Å². The molecular weight excluding hydrogens is 547 g/mol. The number of nitrogens with zero attached hydrogens (tertiary/aromatic N) is 2. The van der Waals surface area contributed by atoms with Gasteiger partial charge in [0, 0.05) is 17.3 Å². The molecule has 3 aliphatic rings. The van der Waals surface area contributed by atoms with E-state index >= 15 is 4.39 Å². The normalized spacial score (nSPS) is 25.6. The second kappa shape index (κ2) is 8.56. The highest BCUT2D eigenvalue weighted by Gasteiger charge is 2.60. The Morgan fingerprint density at radius 1 is 1.11 bits per heavy atom. The molecule has 206 valence electrons. The Hall–Kier alpha value is -2.88. The number of nitrogens with one attached hydrogen (secondary N) is 1. The van der Waals surface area contributed by atoms with Gasteiger partial charge >= 0.3 is 12.4 Å². The van der Waals surface area contributed by atoms with Crippen molar-refractivity contribution in [3.8, 4) is 0 Å². The van der Waals surface area contributed by atoms with E-state index in [0.29, 0.717) is 18.2 Å². The van der Waals surface area contributed by atoms with Gasteiger partial charge < -0.3 is 4.90 Å². The zero-order valence-corrected chi connectivity index (χ0v) is 20.0. The summed E-state index contributed by atoms with van der Waals surface area (Å²) in [5.41, 5.74) is -5.43. The van der Waals surface area contributed by atoms with Crippen molar-refractivity contribution in [3.63, 3.8) is 0 Å². The standard InChI is InChI=1S/C23H20F7N3O4S/c24-20(11-33(12-20)19(34)14-9-38(35,36)10-14)18-5-4-13(8-31-18)17-7-21(37-32-17,23(28,29)30)15-2-1-3-16(6-15)22(25,26)27/h1-8,14,32,35-36H,9-12H2. The molecule has 2 fully saturated rings. The lowest BCUT2D eigenvalue weighted by Crippen LogP contribution is -2.62. The maximum Gasteiger partial charge on any atom is 0.428 e. The van der Waals surface area contributed by atoms with E-state index in [9.17, 15) is 40.2 Å². The number of amides is 1. The third-order valence-corrected chi connectivity index (χ3v) is 8.60. The lowest BCUT2D eigenvalue weighted by Gasteiger charge is -2.51. The average Bonchev–Trinajstić information content (AvgIpc) is 3.27. The average molecular weight is 567 g/mol. The van der Waals surface area contributed by atoms with Crippen molar-refractivity contribution in [2.24, 2.45) is 5.92 Å². The first-order valence-electron chi connectivity index (χ1n) is 11.1. The Morgan fingerprint density at radius 3 is 2.34 bits per heavy atom. The number of likely N-dealkylation sites (tertiary alicyclic amines) is 1. The van der Waals surface area contributed by atoms with Crippen molar-refractivity contribution in [2.45, 2.75) is 23.6 Å². The van der Waals surface area contributed by atoms with Crippen molar-refractivity contribution in [2.75, 3.05) is 24.6 Å². The minimum absolute atomic E-state index is 0.0569. The molecule has 0 bridgehead atoms. The summed E-state index contributed by atoms with van der Waals surface area (Å²) >= 11 is 0. The predicted octanol–water partition coefficient (Wildman–Crippen LogP) is 4.82. The number of aromatic nitrogens is 1. The molecule has 2 aromatic rings. The maximum absolute atomic E-state index is 15.3. The number of hydroxylamine groups is 1. The van der Waals surface area contributed by atoms with Gasteiger partial charge in [0.25, 0.3) is 0 Å². The van der Waals surface area contributed by atoms with Crippen LogP contribution >= 0.6 is 10.6 Å². The van der Waals surface area contributed by atoms with Crippen LogP contribution in [0.15, 0.2) is 48.7 Å². The Balaban J connectivity index is 1.34. The molecule has 2 saturated heterocycles. The Morgan fingerprint density at radius 2 is 1.79 bits per heavy atom. The summed E-state index contributed by atoms with van der Waals surface area (Å²) in [4.78, 5) is 22.4. The molecule has 5 rings (SSSR count). The number of halogens is 7. The SMILES string of the molecule is O=C(C1CS(O)(O)C1)N1CC(F)(c2ccc(C3=CC(c4cccc(C(F)(F)F)c4)(C(F)(F)F)ON3)cn2)C1. The molecule has 0 radical (unpaired) electrons. The summed E-state index contributed by atoms with van der Waals surface area (Å²) in [5, 5.41) is 0. The number of alkyl halides is 7. The van der Waals surface area contributed by atoms with Crippen LogP contribution in [0.2, 0.25) is 0 Å². The molecule has 1 amide bonds. The number of hydrogen-bond acceptors (Lipinski definition) is 6. The van der Waals surface area contributed by atoms with E-state index in [4.69, 9.17) is 4.84 Å². The number of carbonyl (C=O) groups excluding carboxylic acids is 1. The van der Waals surface area contributed by atoms with E-state index in [-0.39, 0.29) is 41.5 Å². The van der Waals surface area contributed by atoms with Gasteiger partial charge in [-0.15, -0.1) is 0 Å². The minimum Gasteiger partial charge on any atom is -0.335 e. The molecule has 0 saturated carbocycles. The van der Waals surface area contributed by atoms with Crippen molar-refractivity contribution >= 4 is 22.2 Å². The fourth-order valence-corrected chi connectivity index (χ4v) is 6.08. The van der Waals surface area contributed by atoms with E-state index in [0.717, 1.165) is 18.3 Å². The fraction of sp³-hybridized carbons (Fsp3) is 0.391. The van der Waals surface area contributed by atoms with Gasteiger partial charge in [0.2, 0.25) is 11.5 Å². The van der Waals surface area contributed by atoms with Gasteiger partial charge in [0.1, 0.15) is 0 Å². The van der Waals surface area contributed by atoms with Crippen molar-refractivity contribution < 1.29 is 49.5 Å². The van der Waals surface area contributed by atoms with Gasteiger partial charge in [-0.05, 0) is 30.3 Å². The second-order valence-electron chi connectivity index (χ2n) is 9.50. The Labute approximate surface area is 212 Å². The second-order valence-corrected chi connectivity index (χ2v) is 11.8. The topological polar surface area (TPSA) is 94.9 Å². The number of benzene rings is 1. The van der Waals surface area contributed by atoms with Gasteiger partial charge in [-0.25, -0.2) is 4.39 Å². The van der Waals surface area contributed by atoms with Crippen LogP contribution in [0.25, 0.3) is 5.70 Å². The lowest BCUT2D eigenvalue weighted by atomic mass is 9.89. The summed E-state index contributed by atoms with van der Waals surface area (Å²) in [7, 11) is -2.73. The van der Waals surface area contributed by atoms with Gasteiger partial charge in [-0.2, -0.15) is 36.9 Å². The molecule has 1 atom stereocenters. The van der Waals surface area contributed by atoms with Crippen molar-refractivity contribution in [1.82, 2.24) is 15.4 Å². The lowest BCUT2D eigenvalue weighted by molar-refractivity contribution is -0.269. The van der Waals surface area contributed by atoms with E-state index in [1.807, 2.05) is 0 Å². The van der Waals surface area contributed by atoms with Crippen LogP contribution in [-0.4, -0.2) is 55.7 Å². The number of hydrogen-bond donors (Lipinski definition) is 3. The van der Waals surface area contributed by atoms with Crippen LogP contribution in [0.3, 0.4) is 0 Å². The van der Waals surface area contributed by atoms with E-state index < -0.39 is 57.2 Å². The Kier molecular flexibility index (Phi) is 6.02. The van der Waals surface area contributed by atoms with Crippen LogP contribution in [0.1, 0.15) is 22.4 Å². The third kappa shape index (κ3) is 4.50. The van der Waals surface area contributed by atoms with Gasteiger partial charge in [-0.3, -0.25) is 29.2 Å². The van der Waals surface area contributed by atoms with Crippen LogP contribution < -0.4 is 5.48 Å². The Bertz CT molecular complexity index is 1290. The highest BCUT2D eigenvalue weighted by atomic mass is 32.3. The zero-order valence-electron chi connectivity index (χ0n) is 19.2. The van der Waals surface area contributed by atoms with Crippen LogP contribution in [0.4, 0.5) is 30.7 Å². The summed E-state index contributed by atoms with van der Waals surface area (Å²) in [6.07, 6.45) is -8.33. The van der Waals surface area contributed by atoms with Crippen LogP contribution in [0, 0.1) is 5.92 Å². The molecule has 1 unspecified atom stereocenters. The third-order valence-electron chi connectivity index (χ3n) is 6.72. The molecule has 0 aliphatic carbocycles. The monoisotopic (exact) mass is 567 g/mol. The molecule has 0 spiro atoms. The first kappa shape index (κ1) is 26.7. The van der Waals surface area contributed by atoms with Crippen LogP contribution in [0.5, 0.6) is 0 Å². The number of rotatable bonds is 4. The number of pyridine rings is 1. The summed E-state index contributed by atoms with van der Waals surface area (Å²) < 4.78 is 116. The molecule has 1 aromatic carbocycles. The van der Waals surface area contributed by atoms with E-state index in [1.165, 1.54) is 17.0 Å². The van der Waals surface area contributed by atoms with Gasteiger partial charge in [-0.1, -0.05) is 12.1 Å². The molecule has 15 heteroatoms. The van der Waals surface area contributed by atoms with E-state index in [2.05, 4.69) is 10.5 Å². The summed E-state index contributed by atoms with van der Waals surface area (Å²) in [6.45, 7) is -0.630. The largest absolute Gasteiger partial charge is 0.428 e. The van der Waals surface area contributed by atoms with Crippen molar-refractivity contribution in [3.05, 3.63) is 71.1 Å². The fourth-order valence-electron chi connectivity index (χ4n) is 4.60. The zero-order chi connectivity index (χ0) is 27.7. The molecule has 3 aliphatic heterocycles. The molecule has 38 heavy (non-hydrogen) atoms. The summed E-state index contributed by atoms with van der Waals surface area (Å²) in [6, 6.07) is 5.23. The van der Waals surface area contributed by atoms with Gasteiger partial charge in [0.05, 0.1) is 47.5 Å². The molecule has 1 aromatic heterocycles. The predicted molar refractivity (Wildman–Crippen MR) is 121 cm³/mol. The maximum atomic E-state index is 15.3.